The van der Waals surface area contributed by atoms with Crippen molar-refractivity contribution in [2.24, 2.45) is 10.8 Å². The van der Waals surface area contributed by atoms with Crippen LogP contribution in [0.3, 0.4) is 0 Å². The molecular weight excluding hydrogens is 176 g/mol. The number of aliphatic imine (C=N–C) groups is 1. The molecule has 74 valence electrons. The summed E-state index contributed by atoms with van der Waals surface area (Å²) in [5.41, 5.74) is 8.13. The molecule has 1 aliphatic heterocycles. The van der Waals surface area contributed by atoms with E-state index in [1.165, 1.54) is 11.1 Å². The molecule has 0 saturated carbocycles. The first-order valence-electron chi connectivity index (χ1n) is 4.64. The molecule has 2 rings (SSSR count). The Morgan fingerprint density at radius 2 is 1.93 bits per heavy atom. The maximum absolute atomic E-state index is 5.35. The molecule has 0 fully saturated rings. The second-order valence-corrected chi connectivity index (χ2v) is 3.61. The average Bonchev–Trinajstić information content (AvgIpc) is 2.58. The van der Waals surface area contributed by atoms with Crippen LogP contribution in [0.25, 0.3) is 0 Å². The molecule has 0 aliphatic carbocycles. The van der Waals surface area contributed by atoms with Gasteiger partial charge in [0.15, 0.2) is 0 Å². The minimum Gasteiger partial charge on any atom is -0.312 e. The van der Waals surface area contributed by atoms with Crippen LogP contribution in [-0.4, -0.2) is 10.8 Å². The lowest BCUT2D eigenvalue weighted by molar-refractivity contribution is 1.00. The summed E-state index contributed by atoms with van der Waals surface area (Å²) in [6.45, 7) is 6.08. The Morgan fingerprint density at radius 1 is 1.21 bits per heavy atom. The number of aryl methyl sites for hydroxylation is 2. The first-order chi connectivity index (χ1) is 6.63. The van der Waals surface area contributed by atoms with Crippen LogP contribution < -0.4 is 11.3 Å². The summed E-state index contributed by atoms with van der Waals surface area (Å²) >= 11 is 0. The van der Waals surface area contributed by atoms with Gasteiger partial charge in [0.25, 0.3) is 0 Å². The van der Waals surface area contributed by atoms with Gasteiger partial charge in [0.05, 0.1) is 11.4 Å². The molecule has 2 heterocycles. The van der Waals surface area contributed by atoms with E-state index in [0.29, 0.717) is 0 Å². The van der Waals surface area contributed by atoms with E-state index < -0.39 is 0 Å². The Balaban J connectivity index is 2.59. The summed E-state index contributed by atoms with van der Waals surface area (Å²) in [5.74, 6) is 6.17. The Kier molecular flexibility index (Phi) is 2.00. The molecule has 0 amide bonds. The van der Waals surface area contributed by atoms with Gasteiger partial charge in [-0.2, -0.15) is 0 Å². The SMILES string of the molecule is Cc1nc(C)c2c(c1C)CC(NN)=N2. The smallest absolute Gasteiger partial charge is 0.121 e. The monoisotopic (exact) mass is 190 g/mol. The quantitative estimate of drug-likeness (QED) is 0.475. The molecule has 0 atom stereocenters. The zero-order valence-electron chi connectivity index (χ0n) is 8.68. The second kappa shape index (κ2) is 3.06. The average molecular weight is 190 g/mol. The number of pyridine rings is 1. The van der Waals surface area contributed by atoms with Gasteiger partial charge < -0.3 is 5.43 Å². The lowest BCUT2D eigenvalue weighted by Crippen LogP contribution is -2.30. The number of nitrogens with zero attached hydrogens (tertiary/aromatic N) is 2. The van der Waals surface area contributed by atoms with E-state index in [9.17, 15) is 0 Å². The maximum Gasteiger partial charge on any atom is 0.121 e. The Labute approximate surface area is 83.2 Å². The molecule has 0 bridgehead atoms. The van der Waals surface area contributed by atoms with Crippen molar-refractivity contribution in [3.63, 3.8) is 0 Å². The Morgan fingerprint density at radius 3 is 2.57 bits per heavy atom. The number of nitrogens with two attached hydrogens (primary N) is 1. The summed E-state index contributed by atoms with van der Waals surface area (Å²) in [4.78, 5) is 8.83. The van der Waals surface area contributed by atoms with Crippen LogP contribution in [0.15, 0.2) is 4.99 Å². The third-order valence-electron chi connectivity index (χ3n) is 2.72. The number of hydrogen-bond donors (Lipinski definition) is 2. The fraction of sp³-hybridized carbons (Fsp3) is 0.400. The molecule has 0 spiro atoms. The molecule has 3 N–H and O–H groups in total. The highest BCUT2D eigenvalue weighted by Crippen LogP contribution is 2.32. The third-order valence-corrected chi connectivity index (χ3v) is 2.72. The Bertz CT molecular complexity index is 421. The first-order valence-corrected chi connectivity index (χ1v) is 4.64. The van der Waals surface area contributed by atoms with Gasteiger partial charge >= 0.3 is 0 Å². The molecule has 1 aromatic rings. The van der Waals surface area contributed by atoms with E-state index in [4.69, 9.17) is 5.84 Å². The van der Waals surface area contributed by atoms with Crippen LogP contribution in [0.4, 0.5) is 5.69 Å². The minimum atomic E-state index is 0.794. The number of fused-ring (bicyclic) bond motifs is 1. The van der Waals surface area contributed by atoms with Crippen molar-refractivity contribution in [3.05, 3.63) is 22.5 Å². The molecule has 0 aromatic carbocycles. The highest BCUT2D eigenvalue weighted by molar-refractivity contribution is 5.92. The summed E-state index contributed by atoms with van der Waals surface area (Å²) in [7, 11) is 0. The van der Waals surface area contributed by atoms with E-state index in [-0.39, 0.29) is 0 Å². The molecule has 14 heavy (non-hydrogen) atoms. The van der Waals surface area contributed by atoms with Crippen LogP contribution in [0.5, 0.6) is 0 Å². The highest BCUT2D eigenvalue weighted by Gasteiger charge is 2.19. The molecule has 0 radical (unpaired) electrons. The van der Waals surface area contributed by atoms with E-state index >= 15 is 0 Å². The molecule has 0 unspecified atom stereocenters. The molecular formula is C10H14N4. The summed E-state index contributed by atoms with van der Waals surface area (Å²) < 4.78 is 0. The largest absolute Gasteiger partial charge is 0.312 e. The Hall–Kier alpha value is -1.42. The van der Waals surface area contributed by atoms with Crippen molar-refractivity contribution in [2.45, 2.75) is 27.2 Å². The number of nitrogens with one attached hydrogen (secondary N) is 1. The first kappa shape index (κ1) is 9.15. The van der Waals surface area contributed by atoms with Gasteiger partial charge in [-0.25, -0.2) is 10.8 Å². The summed E-state index contributed by atoms with van der Waals surface area (Å²) in [6.07, 6.45) is 0.794. The molecule has 4 heteroatoms. The normalized spacial score (nSPS) is 13.9. The molecule has 1 aromatic heterocycles. The van der Waals surface area contributed by atoms with Gasteiger partial charge in [0, 0.05) is 12.1 Å². The second-order valence-electron chi connectivity index (χ2n) is 3.61. The van der Waals surface area contributed by atoms with Gasteiger partial charge in [-0.05, 0) is 31.9 Å². The number of hydrogen-bond acceptors (Lipinski definition) is 4. The fourth-order valence-corrected chi connectivity index (χ4v) is 1.79. The maximum atomic E-state index is 5.35. The number of hydrazine groups is 1. The van der Waals surface area contributed by atoms with Crippen LogP contribution in [0, 0.1) is 20.8 Å². The lowest BCUT2D eigenvalue weighted by atomic mass is 10.0. The van der Waals surface area contributed by atoms with Crippen LogP contribution >= 0.6 is 0 Å². The van der Waals surface area contributed by atoms with Gasteiger partial charge in [-0.3, -0.25) is 4.98 Å². The van der Waals surface area contributed by atoms with E-state index in [0.717, 1.165) is 29.3 Å². The molecule has 1 aliphatic rings. The minimum absolute atomic E-state index is 0.794. The number of aromatic nitrogens is 1. The number of amidine groups is 1. The predicted molar refractivity (Wildman–Crippen MR) is 56.6 cm³/mol. The lowest BCUT2D eigenvalue weighted by Gasteiger charge is -2.07. The summed E-state index contributed by atoms with van der Waals surface area (Å²) in [6, 6.07) is 0. The van der Waals surface area contributed by atoms with Crippen molar-refractivity contribution in [1.29, 1.82) is 0 Å². The van der Waals surface area contributed by atoms with Crippen molar-refractivity contribution < 1.29 is 0 Å². The van der Waals surface area contributed by atoms with E-state index in [1.54, 1.807) is 0 Å². The van der Waals surface area contributed by atoms with Gasteiger partial charge in [0.2, 0.25) is 0 Å². The van der Waals surface area contributed by atoms with Crippen molar-refractivity contribution in [3.8, 4) is 0 Å². The van der Waals surface area contributed by atoms with Crippen LogP contribution in [0.1, 0.15) is 22.5 Å². The molecule has 4 nitrogen and oxygen atoms in total. The molecule has 0 saturated heterocycles. The van der Waals surface area contributed by atoms with Gasteiger partial charge in [0.1, 0.15) is 5.84 Å². The number of rotatable bonds is 0. The van der Waals surface area contributed by atoms with Crippen LogP contribution in [0.2, 0.25) is 0 Å². The fourth-order valence-electron chi connectivity index (χ4n) is 1.79. The van der Waals surface area contributed by atoms with Crippen molar-refractivity contribution in [2.75, 3.05) is 0 Å². The van der Waals surface area contributed by atoms with Gasteiger partial charge in [-0.15, -0.1) is 0 Å². The third kappa shape index (κ3) is 1.19. The topological polar surface area (TPSA) is 63.3 Å². The van der Waals surface area contributed by atoms with E-state index in [1.807, 2.05) is 13.8 Å². The zero-order valence-corrected chi connectivity index (χ0v) is 8.68. The van der Waals surface area contributed by atoms with Gasteiger partial charge in [-0.1, -0.05) is 0 Å². The van der Waals surface area contributed by atoms with Crippen molar-refractivity contribution in [1.82, 2.24) is 10.4 Å². The zero-order chi connectivity index (χ0) is 10.3. The van der Waals surface area contributed by atoms with Crippen molar-refractivity contribution >= 4 is 11.5 Å². The van der Waals surface area contributed by atoms with Crippen LogP contribution in [-0.2, 0) is 6.42 Å². The predicted octanol–water partition coefficient (Wildman–Crippen LogP) is 1.06. The summed E-state index contributed by atoms with van der Waals surface area (Å²) in [5, 5.41) is 0. The standard InChI is InChI=1S/C10H14N4/c1-5-6(2)12-7(3)10-8(5)4-9(13-10)14-11/h4,11H2,1-3H3,(H,13,14). The highest BCUT2D eigenvalue weighted by atomic mass is 15.3. The van der Waals surface area contributed by atoms with E-state index in [2.05, 4.69) is 22.3 Å².